The van der Waals surface area contributed by atoms with Gasteiger partial charge in [-0.05, 0) is 43.9 Å². The van der Waals surface area contributed by atoms with Crippen molar-refractivity contribution in [2.45, 2.75) is 44.6 Å². The van der Waals surface area contributed by atoms with E-state index in [1.165, 1.54) is 38.5 Å². The van der Waals surface area contributed by atoms with Crippen LogP contribution in [0.3, 0.4) is 0 Å². The number of hydrogen-bond acceptors (Lipinski definition) is 1. The molecule has 0 radical (unpaired) electrons. The molecular weight excluding hydrogens is 196 g/mol. The Kier molecular flexibility index (Phi) is 2.29. The molecular formula is C12H19ClO. The second kappa shape index (κ2) is 3.38. The van der Waals surface area contributed by atoms with Crippen molar-refractivity contribution >= 4 is 11.6 Å². The third-order valence-corrected chi connectivity index (χ3v) is 5.15. The van der Waals surface area contributed by atoms with Gasteiger partial charge in [0.1, 0.15) is 0 Å². The van der Waals surface area contributed by atoms with Crippen LogP contribution in [0.5, 0.6) is 0 Å². The van der Waals surface area contributed by atoms with Gasteiger partial charge >= 0.3 is 0 Å². The third-order valence-electron chi connectivity index (χ3n) is 4.65. The first-order chi connectivity index (χ1) is 6.87. The zero-order chi connectivity index (χ0) is 9.60. The molecule has 0 bridgehead atoms. The van der Waals surface area contributed by atoms with Crippen molar-refractivity contribution in [3.8, 4) is 0 Å². The van der Waals surface area contributed by atoms with Crippen LogP contribution in [0.1, 0.15) is 38.5 Å². The van der Waals surface area contributed by atoms with E-state index in [1.807, 2.05) is 0 Å². The summed E-state index contributed by atoms with van der Waals surface area (Å²) in [4.78, 5) is 0. The van der Waals surface area contributed by atoms with Crippen molar-refractivity contribution in [3.05, 3.63) is 0 Å². The summed E-state index contributed by atoms with van der Waals surface area (Å²) in [5.74, 6) is 2.57. The first-order valence-corrected chi connectivity index (χ1v) is 6.58. The molecule has 2 atom stereocenters. The van der Waals surface area contributed by atoms with Crippen LogP contribution in [-0.2, 0) is 4.74 Å². The van der Waals surface area contributed by atoms with Gasteiger partial charge in [-0.3, -0.25) is 0 Å². The lowest BCUT2D eigenvalue weighted by atomic mass is 9.62. The molecule has 3 aliphatic rings. The number of rotatable bonds is 3. The van der Waals surface area contributed by atoms with Crippen LogP contribution >= 0.6 is 11.6 Å². The van der Waals surface area contributed by atoms with E-state index in [0.717, 1.165) is 24.3 Å². The molecule has 0 N–H and O–H groups in total. The molecule has 14 heavy (non-hydrogen) atoms. The highest BCUT2D eigenvalue weighted by Crippen LogP contribution is 2.56. The van der Waals surface area contributed by atoms with E-state index in [0.29, 0.717) is 11.5 Å². The molecule has 3 rings (SSSR count). The minimum absolute atomic E-state index is 0.376. The fraction of sp³-hybridized carbons (Fsp3) is 1.00. The standard InChI is InChI=1S/C12H19ClO/c13-8-12(10-2-1-3-10)6-7-14-11(12)9-4-5-9/h9-11H,1-8H2. The van der Waals surface area contributed by atoms with Crippen molar-refractivity contribution in [2.75, 3.05) is 12.5 Å². The maximum atomic E-state index is 6.26. The van der Waals surface area contributed by atoms with Crippen LogP contribution in [0.15, 0.2) is 0 Å². The van der Waals surface area contributed by atoms with Crippen LogP contribution in [0, 0.1) is 17.3 Å². The van der Waals surface area contributed by atoms with Gasteiger partial charge in [0.25, 0.3) is 0 Å². The quantitative estimate of drug-likeness (QED) is 0.656. The smallest absolute Gasteiger partial charge is 0.0674 e. The Labute approximate surface area is 91.2 Å². The summed E-state index contributed by atoms with van der Waals surface area (Å²) < 4.78 is 5.96. The topological polar surface area (TPSA) is 9.23 Å². The van der Waals surface area contributed by atoms with Crippen molar-refractivity contribution < 1.29 is 4.74 Å². The molecule has 1 heterocycles. The molecule has 1 aliphatic heterocycles. The molecule has 2 saturated carbocycles. The van der Waals surface area contributed by atoms with Crippen LogP contribution in [-0.4, -0.2) is 18.6 Å². The minimum atomic E-state index is 0.376. The largest absolute Gasteiger partial charge is 0.377 e. The number of halogens is 1. The highest BCUT2D eigenvalue weighted by molar-refractivity contribution is 6.18. The van der Waals surface area contributed by atoms with Gasteiger partial charge in [0, 0.05) is 17.9 Å². The summed E-state index contributed by atoms with van der Waals surface area (Å²) in [7, 11) is 0. The maximum absolute atomic E-state index is 6.26. The SMILES string of the molecule is ClCC1(C2CCC2)CCOC1C1CC1. The first kappa shape index (κ1) is 9.47. The molecule has 1 nitrogen and oxygen atoms in total. The van der Waals surface area contributed by atoms with Gasteiger partial charge in [-0.2, -0.15) is 0 Å². The Hall–Kier alpha value is 0.250. The Morgan fingerprint density at radius 1 is 1.21 bits per heavy atom. The van der Waals surface area contributed by atoms with Crippen molar-refractivity contribution in [2.24, 2.45) is 17.3 Å². The molecule has 0 amide bonds. The maximum Gasteiger partial charge on any atom is 0.0674 e. The Bertz CT molecular complexity index is 222. The van der Waals surface area contributed by atoms with E-state index in [-0.39, 0.29) is 0 Å². The summed E-state index contributed by atoms with van der Waals surface area (Å²) in [6, 6.07) is 0. The monoisotopic (exact) mass is 214 g/mol. The van der Waals surface area contributed by atoms with Crippen LogP contribution in [0.25, 0.3) is 0 Å². The first-order valence-electron chi connectivity index (χ1n) is 6.04. The molecule has 80 valence electrons. The number of hydrogen-bond donors (Lipinski definition) is 0. The average Bonchev–Trinajstić information content (AvgIpc) is 2.86. The second-order valence-electron chi connectivity index (χ2n) is 5.37. The number of alkyl halides is 1. The molecule has 1 saturated heterocycles. The fourth-order valence-corrected chi connectivity index (χ4v) is 3.86. The summed E-state index contributed by atoms with van der Waals surface area (Å²) in [6.07, 6.45) is 8.73. The van der Waals surface area contributed by atoms with E-state index >= 15 is 0 Å². The van der Waals surface area contributed by atoms with Gasteiger partial charge in [-0.15, -0.1) is 11.6 Å². The van der Waals surface area contributed by atoms with Gasteiger partial charge in [-0.1, -0.05) is 6.42 Å². The summed E-state index contributed by atoms with van der Waals surface area (Å²) in [5.41, 5.74) is 0.376. The average molecular weight is 215 g/mol. The second-order valence-corrected chi connectivity index (χ2v) is 5.64. The van der Waals surface area contributed by atoms with E-state index < -0.39 is 0 Å². The lowest BCUT2D eigenvalue weighted by Crippen LogP contribution is -2.44. The molecule has 2 heteroatoms. The zero-order valence-corrected chi connectivity index (χ0v) is 9.43. The van der Waals surface area contributed by atoms with E-state index in [9.17, 15) is 0 Å². The predicted octanol–water partition coefficient (Wildman–Crippen LogP) is 3.21. The molecule has 0 aromatic heterocycles. The summed E-state index contributed by atoms with van der Waals surface area (Å²) >= 11 is 6.26. The van der Waals surface area contributed by atoms with E-state index in [4.69, 9.17) is 16.3 Å². The minimum Gasteiger partial charge on any atom is -0.377 e. The van der Waals surface area contributed by atoms with Gasteiger partial charge in [0.2, 0.25) is 0 Å². The van der Waals surface area contributed by atoms with Gasteiger partial charge in [0.15, 0.2) is 0 Å². The Morgan fingerprint density at radius 3 is 2.50 bits per heavy atom. The predicted molar refractivity (Wildman–Crippen MR) is 57.6 cm³/mol. The van der Waals surface area contributed by atoms with Gasteiger partial charge in [0.05, 0.1) is 6.10 Å². The molecule has 2 unspecified atom stereocenters. The molecule has 0 spiro atoms. The highest BCUT2D eigenvalue weighted by Gasteiger charge is 2.55. The van der Waals surface area contributed by atoms with Gasteiger partial charge in [-0.25, -0.2) is 0 Å². The summed E-state index contributed by atoms with van der Waals surface area (Å²) in [5, 5.41) is 0. The summed E-state index contributed by atoms with van der Waals surface area (Å²) in [6.45, 7) is 0.963. The van der Waals surface area contributed by atoms with Crippen LogP contribution in [0.2, 0.25) is 0 Å². The third kappa shape index (κ3) is 1.25. The van der Waals surface area contributed by atoms with Crippen molar-refractivity contribution in [1.29, 1.82) is 0 Å². The number of ether oxygens (including phenoxy) is 1. The van der Waals surface area contributed by atoms with Crippen LogP contribution in [0.4, 0.5) is 0 Å². The zero-order valence-electron chi connectivity index (χ0n) is 8.68. The van der Waals surface area contributed by atoms with Crippen molar-refractivity contribution in [1.82, 2.24) is 0 Å². The highest BCUT2D eigenvalue weighted by atomic mass is 35.5. The molecule has 0 aromatic carbocycles. The normalized spacial score (nSPS) is 43.9. The lowest BCUT2D eigenvalue weighted by Gasteiger charge is -2.44. The fourth-order valence-electron chi connectivity index (χ4n) is 3.36. The van der Waals surface area contributed by atoms with E-state index in [2.05, 4.69) is 0 Å². The van der Waals surface area contributed by atoms with Crippen LogP contribution < -0.4 is 0 Å². The van der Waals surface area contributed by atoms with Crippen molar-refractivity contribution in [3.63, 3.8) is 0 Å². The Morgan fingerprint density at radius 2 is 2.00 bits per heavy atom. The lowest BCUT2D eigenvalue weighted by molar-refractivity contribution is -0.0112. The molecule has 0 aromatic rings. The Balaban J connectivity index is 1.81. The molecule has 2 aliphatic carbocycles. The van der Waals surface area contributed by atoms with Gasteiger partial charge < -0.3 is 4.74 Å². The van der Waals surface area contributed by atoms with E-state index in [1.54, 1.807) is 0 Å². The molecule has 3 fully saturated rings.